The normalized spacial score (nSPS) is 26.6. The summed E-state index contributed by atoms with van der Waals surface area (Å²) in [6.07, 6.45) is 6.96. The number of benzene rings is 1. The van der Waals surface area contributed by atoms with E-state index in [0.717, 1.165) is 38.5 Å². The van der Waals surface area contributed by atoms with Gasteiger partial charge in [0.05, 0.1) is 23.0 Å². The zero-order valence-corrected chi connectivity index (χ0v) is 21.6. The van der Waals surface area contributed by atoms with Gasteiger partial charge in [0.15, 0.2) is 5.65 Å². The molecule has 0 saturated heterocycles. The van der Waals surface area contributed by atoms with Gasteiger partial charge in [-0.1, -0.05) is 30.1 Å². The van der Waals surface area contributed by atoms with E-state index < -0.39 is 0 Å². The Kier molecular flexibility index (Phi) is 7.23. The molecule has 0 unspecified atom stereocenters. The molecule has 9 nitrogen and oxygen atoms in total. The van der Waals surface area contributed by atoms with E-state index in [4.69, 9.17) is 38.9 Å². The number of rotatable bonds is 6. The van der Waals surface area contributed by atoms with Gasteiger partial charge < -0.3 is 21.5 Å². The largest absolute Gasteiger partial charge is 0.393 e. The first-order valence-electron chi connectivity index (χ1n) is 12.5. The van der Waals surface area contributed by atoms with E-state index in [1.54, 1.807) is 18.3 Å². The number of aliphatic hydroxyl groups excluding tert-OH is 1. The molecule has 3 aromatic rings. The van der Waals surface area contributed by atoms with E-state index in [1.807, 2.05) is 6.07 Å². The minimum atomic E-state index is -0.328. The number of anilines is 3. The molecule has 11 heteroatoms. The highest BCUT2D eigenvalue weighted by Gasteiger charge is 2.30. The number of amides is 1. The van der Waals surface area contributed by atoms with E-state index in [9.17, 15) is 9.90 Å². The predicted molar refractivity (Wildman–Crippen MR) is 142 cm³/mol. The summed E-state index contributed by atoms with van der Waals surface area (Å²) in [4.78, 5) is 25.9. The Labute approximate surface area is 219 Å². The number of aromatic nitrogens is 4. The maximum atomic E-state index is 11.7. The molecular formula is C25H31Cl2N7O2. The minimum Gasteiger partial charge on any atom is -0.393 e. The number of imidazole rings is 1. The van der Waals surface area contributed by atoms with Crippen LogP contribution in [0.25, 0.3) is 11.2 Å². The lowest BCUT2D eigenvalue weighted by Crippen LogP contribution is -2.35. The van der Waals surface area contributed by atoms with Crippen molar-refractivity contribution in [2.24, 2.45) is 17.6 Å². The molecule has 5 rings (SSSR count). The number of primary amides is 1. The topological polar surface area (TPSA) is 131 Å². The van der Waals surface area contributed by atoms with Crippen LogP contribution in [0.4, 0.5) is 17.6 Å². The van der Waals surface area contributed by atoms with Crippen molar-refractivity contribution in [2.45, 2.75) is 70.1 Å². The molecule has 2 aliphatic carbocycles. The number of carbonyl (C=O) groups excluding carboxylic acids is 1. The van der Waals surface area contributed by atoms with Gasteiger partial charge in [-0.3, -0.25) is 9.36 Å². The molecular weight excluding hydrogens is 501 g/mol. The quantitative estimate of drug-likeness (QED) is 0.349. The van der Waals surface area contributed by atoms with E-state index in [2.05, 4.69) is 27.1 Å². The SMILES string of the molecule is C[C@@H]1CC[C@@H](Nc2ncc3nc(Nc4ccc(Cl)cc4Cl)n([C@H]4CC[C@@H](C(N)=O)CC4)c3n2)C[C@H]1O. The highest BCUT2D eigenvalue weighted by molar-refractivity contribution is 6.36. The van der Waals surface area contributed by atoms with Crippen molar-refractivity contribution >= 4 is 57.9 Å². The van der Waals surface area contributed by atoms with E-state index in [1.165, 1.54) is 0 Å². The maximum Gasteiger partial charge on any atom is 0.224 e. The molecule has 2 heterocycles. The Morgan fingerprint density at radius 1 is 1.14 bits per heavy atom. The van der Waals surface area contributed by atoms with Crippen LogP contribution in [0.15, 0.2) is 24.4 Å². The lowest BCUT2D eigenvalue weighted by molar-refractivity contribution is -0.122. The first-order valence-corrected chi connectivity index (χ1v) is 13.2. The van der Waals surface area contributed by atoms with Crippen LogP contribution < -0.4 is 16.4 Å². The third kappa shape index (κ3) is 5.23. The Hall–Kier alpha value is -2.62. The molecule has 2 aliphatic rings. The summed E-state index contributed by atoms with van der Waals surface area (Å²) in [6, 6.07) is 5.45. The number of fused-ring (bicyclic) bond motifs is 1. The fourth-order valence-corrected chi connectivity index (χ4v) is 5.79. The molecule has 2 saturated carbocycles. The summed E-state index contributed by atoms with van der Waals surface area (Å²) >= 11 is 12.5. The summed E-state index contributed by atoms with van der Waals surface area (Å²) in [6.45, 7) is 2.08. The summed E-state index contributed by atoms with van der Waals surface area (Å²) in [5, 5.41) is 18.1. The summed E-state index contributed by atoms with van der Waals surface area (Å²) in [5.74, 6) is 1.07. The van der Waals surface area contributed by atoms with Crippen molar-refractivity contribution < 1.29 is 9.90 Å². The van der Waals surface area contributed by atoms with Crippen LogP contribution in [-0.4, -0.2) is 42.7 Å². The number of halogens is 2. The van der Waals surface area contributed by atoms with Crippen molar-refractivity contribution in [3.63, 3.8) is 0 Å². The van der Waals surface area contributed by atoms with Gasteiger partial charge in [-0.15, -0.1) is 0 Å². The summed E-state index contributed by atoms with van der Waals surface area (Å²) in [5.41, 5.74) is 7.60. The zero-order valence-electron chi connectivity index (χ0n) is 20.1. The van der Waals surface area contributed by atoms with Crippen LogP contribution in [-0.2, 0) is 4.79 Å². The second kappa shape index (κ2) is 10.4. The molecule has 192 valence electrons. The minimum absolute atomic E-state index is 0.0827. The summed E-state index contributed by atoms with van der Waals surface area (Å²) in [7, 11) is 0. The van der Waals surface area contributed by atoms with Gasteiger partial charge in [-0.05, 0) is 69.1 Å². The molecule has 2 fully saturated rings. The van der Waals surface area contributed by atoms with Gasteiger partial charge in [0, 0.05) is 23.0 Å². The smallest absolute Gasteiger partial charge is 0.224 e. The predicted octanol–water partition coefficient (Wildman–Crippen LogP) is 5.05. The molecule has 3 atom stereocenters. The second-order valence-corrected chi connectivity index (χ2v) is 10.9. The van der Waals surface area contributed by atoms with E-state index in [0.29, 0.717) is 51.1 Å². The van der Waals surface area contributed by atoms with Gasteiger partial charge in [0.1, 0.15) is 5.52 Å². The van der Waals surface area contributed by atoms with Crippen LogP contribution in [0.3, 0.4) is 0 Å². The number of aliphatic hydroxyl groups is 1. The molecule has 0 spiro atoms. The number of nitrogens with one attached hydrogen (secondary N) is 2. The lowest BCUT2D eigenvalue weighted by Gasteiger charge is -2.31. The monoisotopic (exact) mass is 531 g/mol. The van der Waals surface area contributed by atoms with Gasteiger partial charge in [-0.2, -0.15) is 4.98 Å². The first-order chi connectivity index (χ1) is 17.3. The molecule has 0 radical (unpaired) electrons. The average Bonchev–Trinajstić information content (AvgIpc) is 3.20. The van der Waals surface area contributed by atoms with Crippen molar-refractivity contribution in [3.05, 3.63) is 34.4 Å². The third-order valence-corrected chi connectivity index (χ3v) is 8.11. The number of carbonyl (C=O) groups is 1. The van der Waals surface area contributed by atoms with Gasteiger partial charge >= 0.3 is 0 Å². The van der Waals surface area contributed by atoms with Crippen molar-refractivity contribution in [1.82, 2.24) is 19.5 Å². The highest BCUT2D eigenvalue weighted by Crippen LogP contribution is 2.38. The Bertz CT molecular complexity index is 1260. The Morgan fingerprint density at radius 2 is 1.92 bits per heavy atom. The van der Waals surface area contributed by atoms with Crippen LogP contribution >= 0.6 is 23.2 Å². The van der Waals surface area contributed by atoms with Crippen molar-refractivity contribution in [2.75, 3.05) is 10.6 Å². The zero-order chi connectivity index (χ0) is 25.4. The molecule has 0 aliphatic heterocycles. The Balaban J connectivity index is 1.48. The third-order valence-electron chi connectivity index (χ3n) is 7.56. The number of nitrogens with two attached hydrogens (primary N) is 1. The standard InChI is InChI=1S/C25H31Cl2N7O2/c1-13-2-6-16(11-21(13)35)30-24-29-12-20-23(33-24)34(17-7-3-14(4-8-17)22(28)36)25(32-20)31-19-9-5-15(26)10-18(19)27/h5,9-10,12-14,16-17,21,35H,2-4,6-8,11H2,1H3,(H2,28,36)(H,31,32)(H,29,30,33)/t13-,14-,16-,17+,21-/m1/s1. The van der Waals surface area contributed by atoms with Gasteiger partial charge in [-0.25, -0.2) is 9.97 Å². The second-order valence-electron chi connectivity index (χ2n) is 10.1. The highest BCUT2D eigenvalue weighted by atomic mass is 35.5. The fourth-order valence-electron chi connectivity index (χ4n) is 5.34. The molecule has 1 amide bonds. The molecule has 36 heavy (non-hydrogen) atoms. The summed E-state index contributed by atoms with van der Waals surface area (Å²) < 4.78 is 2.09. The molecule has 1 aromatic carbocycles. The fraction of sp³-hybridized carbons (Fsp3) is 0.520. The van der Waals surface area contributed by atoms with Crippen LogP contribution in [0.1, 0.15) is 57.9 Å². The Morgan fingerprint density at radius 3 is 2.61 bits per heavy atom. The van der Waals surface area contributed by atoms with E-state index in [-0.39, 0.29) is 30.0 Å². The number of nitrogens with zero attached hydrogens (tertiary/aromatic N) is 4. The number of hydrogen-bond donors (Lipinski definition) is 4. The first kappa shape index (κ1) is 25.0. The van der Waals surface area contributed by atoms with Crippen LogP contribution in [0.2, 0.25) is 10.0 Å². The molecule has 0 bridgehead atoms. The number of hydrogen-bond acceptors (Lipinski definition) is 7. The lowest BCUT2D eigenvalue weighted by atomic mass is 9.85. The molecule has 2 aromatic heterocycles. The van der Waals surface area contributed by atoms with Crippen molar-refractivity contribution in [3.8, 4) is 0 Å². The van der Waals surface area contributed by atoms with Crippen LogP contribution in [0.5, 0.6) is 0 Å². The average molecular weight is 532 g/mol. The van der Waals surface area contributed by atoms with Crippen LogP contribution in [0, 0.1) is 11.8 Å². The van der Waals surface area contributed by atoms with Crippen molar-refractivity contribution in [1.29, 1.82) is 0 Å². The van der Waals surface area contributed by atoms with E-state index >= 15 is 0 Å². The maximum absolute atomic E-state index is 11.7. The molecule has 5 N–H and O–H groups in total. The van der Waals surface area contributed by atoms with Gasteiger partial charge in [0.2, 0.25) is 17.8 Å². The van der Waals surface area contributed by atoms with Gasteiger partial charge in [0.25, 0.3) is 0 Å².